The molecule has 0 aliphatic rings. The quantitative estimate of drug-likeness (QED) is 0.469. The Bertz CT molecular complexity index is 600. The van der Waals surface area contributed by atoms with Crippen molar-refractivity contribution in [2.75, 3.05) is 0 Å². The molecule has 96 valence electrons. The van der Waals surface area contributed by atoms with Crippen molar-refractivity contribution in [3.05, 3.63) is 64.7 Å². The van der Waals surface area contributed by atoms with Crippen LogP contribution in [0.1, 0.15) is 18.1 Å². The van der Waals surface area contributed by atoms with Gasteiger partial charge in [-0.15, -0.1) is 0 Å². The molecular formula is C16H13ClO2. The average molecular weight is 273 g/mol. The molecule has 0 aliphatic carbocycles. The lowest BCUT2D eigenvalue weighted by atomic mass is 10.1. The fraction of sp³-hybridized carbons (Fsp3) is 0.0625. The highest BCUT2D eigenvalue weighted by molar-refractivity contribution is 6.30. The van der Waals surface area contributed by atoms with Crippen LogP contribution >= 0.6 is 11.6 Å². The maximum absolute atomic E-state index is 11.0. The molecule has 0 atom stereocenters. The number of benzene rings is 2. The Kier molecular flexibility index (Phi) is 4.37. The highest BCUT2D eigenvalue weighted by atomic mass is 35.5. The van der Waals surface area contributed by atoms with Crippen molar-refractivity contribution < 1.29 is 9.53 Å². The predicted octanol–water partition coefficient (Wildman–Crippen LogP) is 4.44. The van der Waals surface area contributed by atoms with Crippen LogP contribution in [0.25, 0.3) is 12.2 Å². The number of halogens is 1. The number of hydrogen-bond donors (Lipinski definition) is 0. The summed E-state index contributed by atoms with van der Waals surface area (Å²) in [5.74, 6) is 0.229. The van der Waals surface area contributed by atoms with Gasteiger partial charge >= 0.3 is 5.97 Å². The van der Waals surface area contributed by atoms with E-state index in [1.54, 1.807) is 6.07 Å². The van der Waals surface area contributed by atoms with E-state index < -0.39 is 0 Å². The van der Waals surface area contributed by atoms with Gasteiger partial charge in [0.2, 0.25) is 0 Å². The lowest BCUT2D eigenvalue weighted by Crippen LogP contribution is -2.02. The van der Waals surface area contributed by atoms with E-state index in [9.17, 15) is 4.79 Å². The SMILES string of the molecule is CC(=O)Oc1ccccc1/C=C/c1ccc(Cl)cc1. The van der Waals surface area contributed by atoms with Crippen LogP contribution in [0.4, 0.5) is 0 Å². The minimum Gasteiger partial charge on any atom is -0.426 e. The van der Waals surface area contributed by atoms with Gasteiger partial charge in [0.1, 0.15) is 5.75 Å². The minimum atomic E-state index is -0.327. The molecule has 0 saturated heterocycles. The summed E-state index contributed by atoms with van der Waals surface area (Å²) in [6, 6.07) is 14.9. The summed E-state index contributed by atoms with van der Waals surface area (Å²) in [5.41, 5.74) is 1.88. The lowest BCUT2D eigenvalue weighted by molar-refractivity contribution is -0.131. The Balaban J connectivity index is 2.22. The molecule has 0 unspecified atom stereocenters. The van der Waals surface area contributed by atoms with Crippen molar-refractivity contribution >= 4 is 29.7 Å². The second kappa shape index (κ2) is 6.21. The van der Waals surface area contributed by atoms with E-state index in [0.717, 1.165) is 11.1 Å². The number of ether oxygens (including phenoxy) is 1. The van der Waals surface area contributed by atoms with Gasteiger partial charge in [-0.05, 0) is 23.8 Å². The van der Waals surface area contributed by atoms with E-state index in [4.69, 9.17) is 16.3 Å². The van der Waals surface area contributed by atoms with Crippen molar-refractivity contribution in [3.63, 3.8) is 0 Å². The maximum Gasteiger partial charge on any atom is 0.308 e. The van der Waals surface area contributed by atoms with E-state index in [-0.39, 0.29) is 5.97 Å². The van der Waals surface area contributed by atoms with Crippen LogP contribution in [0.3, 0.4) is 0 Å². The molecule has 2 aromatic carbocycles. The fourth-order valence-electron chi connectivity index (χ4n) is 1.63. The Morgan fingerprint density at radius 1 is 1.05 bits per heavy atom. The summed E-state index contributed by atoms with van der Waals surface area (Å²) in [4.78, 5) is 11.0. The Labute approximate surface area is 117 Å². The predicted molar refractivity (Wildman–Crippen MR) is 78.1 cm³/mol. The monoisotopic (exact) mass is 272 g/mol. The van der Waals surface area contributed by atoms with Crippen molar-refractivity contribution in [2.45, 2.75) is 6.92 Å². The second-order valence-corrected chi connectivity index (χ2v) is 4.45. The smallest absolute Gasteiger partial charge is 0.308 e. The largest absolute Gasteiger partial charge is 0.426 e. The molecule has 0 aliphatic heterocycles. The van der Waals surface area contributed by atoms with Crippen LogP contribution in [0.5, 0.6) is 5.75 Å². The molecule has 19 heavy (non-hydrogen) atoms. The van der Waals surface area contributed by atoms with E-state index >= 15 is 0 Å². The van der Waals surface area contributed by atoms with Crippen LogP contribution in [0.2, 0.25) is 5.02 Å². The molecule has 0 N–H and O–H groups in total. The third-order valence-electron chi connectivity index (χ3n) is 2.50. The number of carbonyl (C=O) groups excluding carboxylic acids is 1. The summed E-state index contributed by atoms with van der Waals surface area (Å²) in [5, 5.41) is 0.706. The molecule has 0 fully saturated rings. The van der Waals surface area contributed by atoms with E-state index in [1.807, 2.05) is 54.6 Å². The number of hydrogen-bond acceptors (Lipinski definition) is 2. The van der Waals surface area contributed by atoms with Crippen LogP contribution < -0.4 is 4.74 Å². The van der Waals surface area contributed by atoms with Crippen molar-refractivity contribution in [1.82, 2.24) is 0 Å². The van der Waals surface area contributed by atoms with Gasteiger partial charge in [0.25, 0.3) is 0 Å². The first-order chi connectivity index (χ1) is 9.15. The van der Waals surface area contributed by atoms with Gasteiger partial charge in [0, 0.05) is 17.5 Å². The number of rotatable bonds is 3. The first-order valence-electron chi connectivity index (χ1n) is 5.86. The highest BCUT2D eigenvalue weighted by Crippen LogP contribution is 2.21. The van der Waals surface area contributed by atoms with Gasteiger partial charge in [-0.1, -0.05) is 54.1 Å². The topological polar surface area (TPSA) is 26.3 Å². The fourth-order valence-corrected chi connectivity index (χ4v) is 1.75. The summed E-state index contributed by atoms with van der Waals surface area (Å²) < 4.78 is 5.14. The molecule has 2 rings (SSSR count). The van der Waals surface area contributed by atoms with Crippen LogP contribution in [0, 0.1) is 0 Å². The maximum atomic E-state index is 11.0. The van der Waals surface area contributed by atoms with Gasteiger partial charge < -0.3 is 4.74 Å². The molecule has 0 radical (unpaired) electrons. The van der Waals surface area contributed by atoms with Crippen molar-refractivity contribution in [3.8, 4) is 5.75 Å². The molecule has 0 saturated carbocycles. The lowest BCUT2D eigenvalue weighted by Gasteiger charge is -2.04. The van der Waals surface area contributed by atoms with Gasteiger partial charge in [0.15, 0.2) is 0 Å². The number of carbonyl (C=O) groups is 1. The highest BCUT2D eigenvalue weighted by Gasteiger charge is 2.02. The van der Waals surface area contributed by atoms with Gasteiger partial charge in [0.05, 0.1) is 0 Å². The molecule has 3 heteroatoms. The Morgan fingerprint density at radius 2 is 1.74 bits per heavy atom. The number of para-hydroxylation sites is 1. The average Bonchev–Trinajstić information content (AvgIpc) is 2.39. The molecule has 0 amide bonds. The van der Waals surface area contributed by atoms with Gasteiger partial charge in [-0.3, -0.25) is 4.79 Å². The van der Waals surface area contributed by atoms with Crippen molar-refractivity contribution in [1.29, 1.82) is 0 Å². The first-order valence-corrected chi connectivity index (χ1v) is 6.24. The second-order valence-electron chi connectivity index (χ2n) is 4.02. The van der Waals surface area contributed by atoms with Crippen molar-refractivity contribution in [2.24, 2.45) is 0 Å². The van der Waals surface area contributed by atoms with Gasteiger partial charge in [-0.25, -0.2) is 0 Å². The molecule has 0 aromatic heterocycles. The Morgan fingerprint density at radius 3 is 2.42 bits per heavy atom. The van der Waals surface area contributed by atoms with Crippen LogP contribution in [-0.4, -0.2) is 5.97 Å². The molecule has 0 spiro atoms. The zero-order chi connectivity index (χ0) is 13.7. The summed E-state index contributed by atoms with van der Waals surface area (Å²) >= 11 is 5.83. The Hall–Kier alpha value is -2.06. The van der Waals surface area contributed by atoms with E-state index in [2.05, 4.69) is 0 Å². The molecule has 2 aromatic rings. The molecule has 0 bridgehead atoms. The zero-order valence-corrected chi connectivity index (χ0v) is 11.2. The summed E-state index contributed by atoms with van der Waals surface area (Å²) in [6.07, 6.45) is 3.85. The van der Waals surface area contributed by atoms with Gasteiger partial charge in [-0.2, -0.15) is 0 Å². The minimum absolute atomic E-state index is 0.327. The van der Waals surface area contributed by atoms with E-state index in [1.165, 1.54) is 6.92 Å². The molecule has 0 heterocycles. The van der Waals surface area contributed by atoms with E-state index in [0.29, 0.717) is 10.8 Å². The normalized spacial score (nSPS) is 10.6. The first kappa shape index (κ1) is 13.4. The third kappa shape index (κ3) is 3.97. The van der Waals surface area contributed by atoms with Crippen LogP contribution in [-0.2, 0) is 4.79 Å². The summed E-state index contributed by atoms with van der Waals surface area (Å²) in [6.45, 7) is 1.39. The number of esters is 1. The summed E-state index contributed by atoms with van der Waals surface area (Å²) in [7, 11) is 0. The zero-order valence-electron chi connectivity index (χ0n) is 10.5. The molecule has 2 nitrogen and oxygen atoms in total. The molecular weight excluding hydrogens is 260 g/mol. The third-order valence-corrected chi connectivity index (χ3v) is 2.75. The van der Waals surface area contributed by atoms with Crippen LogP contribution in [0.15, 0.2) is 48.5 Å². The standard InChI is InChI=1S/C16H13ClO2/c1-12(18)19-16-5-3-2-4-14(16)9-6-13-7-10-15(17)11-8-13/h2-11H,1H3/b9-6+.